The number of rotatable bonds is 6. The largest absolute Gasteiger partial charge is 0.438 e. The lowest BCUT2D eigenvalue weighted by Gasteiger charge is -2.39. The van der Waals surface area contributed by atoms with Crippen LogP contribution in [0.4, 0.5) is 26.3 Å². The van der Waals surface area contributed by atoms with E-state index in [4.69, 9.17) is 4.74 Å². The fourth-order valence-electron chi connectivity index (χ4n) is 4.27. The summed E-state index contributed by atoms with van der Waals surface area (Å²) < 4.78 is 84.1. The molecule has 1 aliphatic rings. The molecule has 38 heavy (non-hydrogen) atoms. The van der Waals surface area contributed by atoms with Gasteiger partial charge in [0.2, 0.25) is 5.88 Å². The van der Waals surface area contributed by atoms with E-state index >= 15 is 0 Å². The van der Waals surface area contributed by atoms with Gasteiger partial charge in [-0.2, -0.15) is 31.4 Å². The molecule has 0 spiro atoms. The second-order valence-electron chi connectivity index (χ2n) is 8.83. The number of halogens is 8. The van der Waals surface area contributed by atoms with Gasteiger partial charge in [0.1, 0.15) is 11.3 Å². The van der Waals surface area contributed by atoms with Gasteiger partial charge < -0.3 is 10.1 Å². The van der Waals surface area contributed by atoms with Crippen molar-refractivity contribution in [2.75, 3.05) is 0 Å². The summed E-state index contributed by atoms with van der Waals surface area (Å²) >= 11 is 7.45. The first-order chi connectivity index (χ1) is 17.8. The summed E-state index contributed by atoms with van der Waals surface area (Å²) in [5.41, 5.74) is -2.02. The molecular formula is C24H20Br2F6N4O2. The summed E-state index contributed by atoms with van der Waals surface area (Å²) in [6, 6.07) is 8.31. The highest BCUT2D eigenvalue weighted by Gasteiger charge is 2.42. The molecule has 1 unspecified atom stereocenters. The zero-order chi connectivity index (χ0) is 27.7. The van der Waals surface area contributed by atoms with Gasteiger partial charge in [-0.15, -0.1) is 0 Å². The average molecular weight is 670 g/mol. The number of nitrogens with zero attached hydrogens (tertiary/aromatic N) is 2. The standard InChI is InChI=1S/C24H20Br2F6N4O2/c25-18(13-3-1-4-15(11-13)38-21-17(23(27,28)29)5-2-10-33-21)22(26)8-6-14(7-9-22)35-20(37)16-12-34-36-19(16)24(30,31)32/h1-5,10-12,14,18H,6-9H2,(H,34,36)(H,35,37). The van der Waals surface area contributed by atoms with E-state index in [1.807, 2.05) is 5.10 Å². The van der Waals surface area contributed by atoms with Gasteiger partial charge in [-0.05, 0) is 55.5 Å². The number of carbonyl (C=O) groups is 1. The number of H-pyrrole nitrogens is 1. The first-order valence-corrected chi connectivity index (χ1v) is 13.0. The van der Waals surface area contributed by atoms with Gasteiger partial charge in [-0.3, -0.25) is 9.89 Å². The molecule has 2 N–H and O–H groups in total. The predicted molar refractivity (Wildman–Crippen MR) is 132 cm³/mol. The average Bonchev–Trinajstić information content (AvgIpc) is 3.36. The molecule has 3 aromatic rings. The van der Waals surface area contributed by atoms with Crippen molar-refractivity contribution in [3.05, 3.63) is 71.2 Å². The summed E-state index contributed by atoms with van der Waals surface area (Å²) in [7, 11) is 0. The maximum absolute atomic E-state index is 13.3. The molecule has 2 heterocycles. The first-order valence-electron chi connectivity index (χ1n) is 11.3. The minimum atomic E-state index is -4.73. The molecule has 0 radical (unpaired) electrons. The lowest BCUT2D eigenvalue weighted by atomic mass is 9.82. The second kappa shape index (κ2) is 10.9. The van der Waals surface area contributed by atoms with Crippen LogP contribution in [0.25, 0.3) is 0 Å². The van der Waals surface area contributed by atoms with Crippen LogP contribution >= 0.6 is 31.9 Å². The highest BCUT2D eigenvalue weighted by molar-refractivity contribution is 9.12. The zero-order valence-electron chi connectivity index (χ0n) is 19.3. The maximum atomic E-state index is 13.3. The van der Waals surface area contributed by atoms with Crippen LogP contribution in [0.2, 0.25) is 0 Å². The summed E-state index contributed by atoms with van der Waals surface area (Å²) in [6.45, 7) is 0. The molecule has 204 valence electrons. The molecule has 4 rings (SSSR count). The highest BCUT2D eigenvalue weighted by atomic mass is 79.9. The Morgan fingerprint density at radius 3 is 2.47 bits per heavy atom. The van der Waals surface area contributed by atoms with Crippen LogP contribution in [0.5, 0.6) is 11.6 Å². The van der Waals surface area contributed by atoms with E-state index in [0.29, 0.717) is 25.7 Å². The van der Waals surface area contributed by atoms with Gasteiger partial charge in [0.15, 0.2) is 5.69 Å². The molecule has 14 heteroatoms. The highest BCUT2D eigenvalue weighted by Crippen LogP contribution is 2.50. The summed E-state index contributed by atoms with van der Waals surface area (Å²) in [5.74, 6) is -1.24. The quantitative estimate of drug-likeness (QED) is 0.210. The Bertz CT molecular complexity index is 1290. The molecule has 0 saturated heterocycles. The number of hydrogen-bond donors (Lipinski definition) is 2. The topological polar surface area (TPSA) is 79.9 Å². The number of alkyl halides is 8. The number of pyridine rings is 1. The zero-order valence-corrected chi connectivity index (χ0v) is 22.5. The van der Waals surface area contributed by atoms with E-state index in [-0.39, 0.29) is 16.6 Å². The Balaban J connectivity index is 1.41. The lowest BCUT2D eigenvalue weighted by molar-refractivity contribution is -0.141. The Kier molecular flexibility index (Phi) is 8.12. The third-order valence-corrected chi connectivity index (χ3v) is 9.49. The van der Waals surface area contributed by atoms with E-state index in [2.05, 4.69) is 47.3 Å². The van der Waals surface area contributed by atoms with Gasteiger partial charge in [-0.25, -0.2) is 4.98 Å². The molecule has 0 aliphatic heterocycles. The Morgan fingerprint density at radius 2 is 1.82 bits per heavy atom. The summed E-state index contributed by atoms with van der Waals surface area (Å²) in [5, 5.41) is 7.81. The van der Waals surface area contributed by atoms with Crippen LogP contribution in [0.1, 0.15) is 57.7 Å². The molecule has 1 atom stereocenters. The molecule has 1 aliphatic carbocycles. The molecule has 0 bridgehead atoms. The van der Waals surface area contributed by atoms with Crippen molar-refractivity contribution in [2.45, 2.75) is 53.2 Å². The summed E-state index contributed by atoms with van der Waals surface area (Å²) in [6.07, 6.45) is -5.23. The van der Waals surface area contributed by atoms with Gasteiger partial charge in [0, 0.05) is 16.6 Å². The van der Waals surface area contributed by atoms with Gasteiger partial charge in [0.05, 0.1) is 16.6 Å². The van der Waals surface area contributed by atoms with Crippen molar-refractivity contribution in [2.24, 2.45) is 0 Å². The molecule has 1 aromatic carbocycles. The van der Waals surface area contributed by atoms with Crippen LogP contribution in [0.3, 0.4) is 0 Å². The lowest BCUT2D eigenvalue weighted by Crippen LogP contribution is -2.42. The van der Waals surface area contributed by atoms with Crippen molar-refractivity contribution >= 4 is 37.8 Å². The van der Waals surface area contributed by atoms with Crippen molar-refractivity contribution in [1.82, 2.24) is 20.5 Å². The van der Waals surface area contributed by atoms with Gasteiger partial charge in [-0.1, -0.05) is 44.0 Å². The monoisotopic (exact) mass is 668 g/mol. The smallest absolute Gasteiger partial charge is 0.433 e. The number of carbonyl (C=O) groups excluding carboxylic acids is 1. The number of nitrogens with one attached hydrogen (secondary N) is 2. The second-order valence-corrected chi connectivity index (χ2v) is 11.3. The Labute approximate surface area is 229 Å². The van der Waals surface area contributed by atoms with Crippen LogP contribution in [0.15, 0.2) is 48.8 Å². The van der Waals surface area contributed by atoms with Crippen LogP contribution in [-0.2, 0) is 12.4 Å². The molecule has 6 nitrogen and oxygen atoms in total. The molecule has 2 aromatic heterocycles. The van der Waals surface area contributed by atoms with E-state index < -0.39 is 45.3 Å². The fraction of sp³-hybridized carbons (Fsp3) is 0.375. The van der Waals surface area contributed by atoms with E-state index in [1.54, 1.807) is 18.2 Å². The van der Waals surface area contributed by atoms with Crippen LogP contribution < -0.4 is 10.1 Å². The van der Waals surface area contributed by atoms with E-state index in [1.165, 1.54) is 18.3 Å². The van der Waals surface area contributed by atoms with Crippen molar-refractivity contribution in [1.29, 1.82) is 0 Å². The first kappa shape index (κ1) is 28.4. The van der Waals surface area contributed by atoms with Crippen molar-refractivity contribution < 1.29 is 35.9 Å². The fourth-order valence-corrected chi connectivity index (χ4v) is 5.73. The van der Waals surface area contributed by atoms with Gasteiger partial charge >= 0.3 is 12.4 Å². The molecule has 1 saturated carbocycles. The third kappa shape index (κ3) is 6.33. The number of amides is 1. The van der Waals surface area contributed by atoms with Crippen molar-refractivity contribution in [3.63, 3.8) is 0 Å². The van der Waals surface area contributed by atoms with Crippen LogP contribution in [-0.4, -0.2) is 31.5 Å². The predicted octanol–water partition coefficient (Wildman–Crippen LogP) is 7.58. The SMILES string of the molecule is O=C(NC1CCC(Br)(C(Br)c2cccc(Oc3ncccc3C(F)(F)F)c2)CC1)c1cn[nH]c1C(F)(F)F. The number of ether oxygens (including phenoxy) is 1. The maximum Gasteiger partial charge on any atom is 0.433 e. The number of aromatic amines is 1. The minimum Gasteiger partial charge on any atom is -0.438 e. The van der Waals surface area contributed by atoms with E-state index in [0.717, 1.165) is 17.8 Å². The Morgan fingerprint density at radius 1 is 1.11 bits per heavy atom. The minimum absolute atomic E-state index is 0.175. The number of benzene rings is 1. The number of aromatic nitrogens is 3. The van der Waals surface area contributed by atoms with Crippen molar-refractivity contribution in [3.8, 4) is 11.6 Å². The summed E-state index contributed by atoms with van der Waals surface area (Å²) in [4.78, 5) is 15.9. The normalized spacial score (nSPS) is 21.1. The molecule has 1 amide bonds. The molecular weight excluding hydrogens is 650 g/mol. The third-order valence-electron chi connectivity index (χ3n) is 6.22. The van der Waals surface area contributed by atoms with Gasteiger partial charge in [0.25, 0.3) is 5.91 Å². The van der Waals surface area contributed by atoms with E-state index in [9.17, 15) is 31.1 Å². The molecule has 1 fully saturated rings. The van der Waals surface area contributed by atoms with Crippen LogP contribution in [0, 0.1) is 0 Å². The number of hydrogen-bond acceptors (Lipinski definition) is 4. The Hall–Kier alpha value is -2.61.